The summed E-state index contributed by atoms with van der Waals surface area (Å²) in [6.07, 6.45) is 3.22. The van der Waals surface area contributed by atoms with Crippen LogP contribution >= 0.6 is 11.6 Å². The number of aliphatic hydroxyl groups is 1. The molecule has 0 saturated heterocycles. The van der Waals surface area contributed by atoms with E-state index in [1.54, 1.807) is 19.1 Å². The fourth-order valence-corrected chi connectivity index (χ4v) is 2.53. The van der Waals surface area contributed by atoms with Gasteiger partial charge in [-0.25, -0.2) is 9.97 Å². The summed E-state index contributed by atoms with van der Waals surface area (Å²) in [6.45, 7) is 1.63. The van der Waals surface area contributed by atoms with Gasteiger partial charge in [0.2, 0.25) is 0 Å². The van der Waals surface area contributed by atoms with Crippen molar-refractivity contribution >= 4 is 23.2 Å². The van der Waals surface area contributed by atoms with E-state index in [1.807, 2.05) is 6.07 Å². The Bertz CT molecular complexity index is 883. The van der Waals surface area contributed by atoms with Crippen molar-refractivity contribution in [3.63, 3.8) is 0 Å². The van der Waals surface area contributed by atoms with Gasteiger partial charge in [0.05, 0.1) is 6.20 Å². The van der Waals surface area contributed by atoms with Crippen molar-refractivity contribution in [2.24, 2.45) is 0 Å². The number of anilines is 2. The molecule has 4 rings (SSSR count). The molecule has 0 aromatic carbocycles. The number of furan rings is 1. The van der Waals surface area contributed by atoms with Crippen LogP contribution in [0.15, 0.2) is 28.8 Å². The summed E-state index contributed by atoms with van der Waals surface area (Å²) >= 11 is 6.17. The van der Waals surface area contributed by atoms with Gasteiger partial charge in [-0.05, 0) is 31.9 Å². The highest BCUT2D eigenvalue weighted by molar-refractivity contribution is 6.32. The van der Waals surface area contributed by atoms with E-state index in [2.05, 4.69) is 25.5 Å². The summed E-state index contributed by atoms with van der Waals surface area (Å²) < 4.78 is 5.55. The Labute approximate surface area is 147 Å². The minimum atomic E-state index is -0.687. The minimum absolute atomic E-state index is 0. The fraction of sp³-hybridized carbons (Fsp3) is 0.312. The van der Waals surface area contributed by atoms with Crippen LogP contribution in [0.5, 0.6) is 0 Å². The Morgan fingerprint density at radius 3 is 3.00 bits per heavy atom. The number of aromatic amines is 1. The highest BCUT2D eigenvalue weighted by atomic mass is 35.5. The van der Waals surface area contributed by atoms with Gasteiger partial charge < -0.3 is 14.8 Å². The summed E-state index contributed by atoms with van der Waals surface area (Å²) in [5.41, 5.74) is 1.12. The van der Waals surface area contributed by atoms with Crippen molar-refractivity contribution < 1.29 is 13.8 Å². The second-order valence-electron chi connectivity index (χ2n) is 5.88. The zero-order valence-electron chi connectivity index (χ0n) is 13.0. The molecule has 1 unspecified atom stereocenters. The van der Waals surface area contributed by atoms with Gasteiger partial charge in [-0.2, -0.15) is 5.10 Å². The maximum Gasteiger partial charge on any atom is 0.197 e. The number of halogens is 1. The quantitative estimate of drug-likeness (QED) is 0.624. The second-order valence-corrected chi connectivity index (χ2v) is 6.28. The first kappa shape index (κ1) is 15.2. The molecule has 3 heterocycles. The Hall–Kier alpha value is -2.38. The maximum absolute atomic E-state index is 9.55. The lowest BCUT2D eigenvalue weighted by Gasteiger charge is -2.05. The second kappa shape index (κ2) is 5.92. The van der Waals surface area contributed by atoms with Crippen LogP contribution in [0.1, 0.15) is 47.5 Å². The van der Waals surface area contributed by atoms with Crippen molar-refractivity contribution in [3.05, 3.63) is 40.9 Å². The summed E-state index contributed by atoms with van der Waals surface area (Å²) in [5, 5.41) is 20.3. The number of hydrogen-bond donors (Lipinski definition) is 3. The third-order valence-electron chi connectivity index (χ3n) is 3.86. The first-order chi connectivity index (χ1) is 11.6. The number of nitrogens with one attached hydrogen (secondary N) is 2. The molecule has 1 aliphatic carbocycles. The standard InChI is InChI=1S/C16H16ClN5O2.3H2/c1-8(23)12-4-5-13(24-12)16-18-7-10(17)15(20-16)19-14-6-11(21-22-14)9-2-3-9;;;/h4-9,23H,2-3H2,1H3,(H2,18,19,20,21,22);3*1H. The van der Waals surface area contributed by atoms with Crippen LogP contribution in [-0.2, 0) is 0 Å². The largest absolute Gasteiger partial charge is 0.455 e. The Kier molecular flexibility index (Phi) is 3.74. The zero-order chi connectivity index (χ0) is 16.7. The summed E-state index contributed by atoms with van der Waals surface area (Å²) in [4.78, 5) is 8.58. The van der Waals surface area contributed by atoms with E-state index in [1.165, 1.54) is 19.0 Å². The smallest absolute Gasteiger partial charge is 0.197 e. The molecular weight excluding hydrogens is 330 g/mol. The van der Waals surface area contributed by atoms with E-state index in [9.17, 15) is 5.11 Å². The topological polar surface area (TPSA) is 99.9 Å². The number of H-pyrrole nitrogens is 1. The SMILES string of the molecule is CC(O)c1ccc(-c2ncc(Cl)c(Nc3cc(C4CC4)[nH]n3)n2)o1.[HH].[HH].[HH]. The van der Waals surface area contributed by atoms with Gasteiger partial charge >= 0.3 is 0 Å². The molecule has 3 aromatic rings. The van der Waals surface area contributed by atoms with Gasteiger partial charge in [-0.15, -0.1) is 0 Å². The average molecular weight is 352 g/mol. The summed E-state index contributed by atoms with van der Waals surface area (Å²) in [6, 6.07) is 5.38. The lowest BCUT2D eigenvalue weighted by Crippen LogP contribution is -1.98. The van der Waals surface area contributed by atoms with Gasteiger partial charge in [0.25, 0.3) is 0 Å². The minimum Gasteiger partial charge on any atom is -0.455 e. The molecule has 1 aliphatic rings. The van der Waals surface area contributed by atoms with Crippen LogP contribution in [-0.4, -0.2) is 25.3 Å². The number of rotatable bonds is 5. The third-order valence-corrected chi connectivity index (χ3v) is 4.14. The number of nitrogens with zero attached hydrogens (tertiary/aromatic N) is 3. The Balaban J connectivity index is 0.00000121. The molecule has 1 fully saturated rings. The molecule has 7 nitrogen and oxygen atoms in total. The van der Waals surface area contributed by atoms with E-state index < -0.39 is 6.10 Å². The molecule has 1 atom stereocenters. The van der Waals surface area contributed by atoms with Gasteiger partial charge in [-0.3, -0.25) is 5.10 Å². The molecule has 8 heteroatoms. The lowest BCUT2D eigenvalue weighted by atomic mass is 10.3. The predicted molar refractivity (Wildman–Crippen MR) is 95.6 cm³/mol. The molecule has 1 saturated carbocycles. The summed E-state index contributed by atoms with van der Waals surface area (Å²) in [7, 11) is 0. The normalized spacial score (nSPS) is 15.5. The van der Waals surface area contributed by atoms with Gasteiger partial charge in [0.1, 0.15) is 16.9 Å². The van der Waals surface area contributed by atoms with Crippen LogP contribution in [0.25, 0.3) is 11.6 Å². The zero-order valence-corrected chi connectivity index (χ0v) is 13.7. The van der Waals surface area contributed by atoms with Crippen molar-refractivity contribution in [3.8, 4) is 11.6 Å². The van der Waals surface area contributed by atoms with E-state index in [-0.39, 0.29) is 4.28 Å². The van der Waals surface area contributed by atoms with E-state index in [4.69, 9.17) is 16.0 Å². The van der Waals surface area contributed by atoms with Crippen LogP contribution in [0.3, 0.4) is 0 Å². The maximum atomic E-state index is 9.55. The predicted octanol–water partition coefficient (Wildman–Crippen LogP) is 4.53. The van der Waals surface area contributed by atoms with E-state index >= 15 is 0 Å². The van der Waals surface area contributed by atoms with Crippen LogP contribution in [0, 0.1) is 0 Å². The van der Waals surface area contributed by atoms with Crippen molar-refractivity contribution in [1.82, 2.24) is 20.2 Å². The fourth-order valence-electron chi connectivity index (χ4n) is 2.40. The first-order valence-electron chi connectivity index (χ1n) is 7.73. The molecule has 0 amide bonds. The first-order valence-corrected chi connectivity index (χ1v) is 8.11. The molecule has 0 spiro atoms. The lowest BCUT2D eigenvalue weighted by molar-refractivity contribution is 0.170. The Morgan fingerprint density at radius 1 is 1.46 bits per heavy atom. The highest BCUT2D eigenvalue weighted by Crippen LogP contribution is 2.39. The third kappa shape index (κ3) is 3.00. The van der Waals surface area contributed by atoms with Gasteiger partial charge in [0.15, 0.2) is 23.2 Å². The molecule has 3 N–H and O–H groups in total. The number of aliphatic hydroxyl groups excluding tert-OH is 1. The number of hydrogen-bond acceptors (Lipinski definition) is 6. The van der Waals surface area contributed by atoms with E-state index in [0.717, 1.165) is 5.69 Å². The van der Waals surface area contributed by atoms with Crippen LogP contribution < -0.4 is 5.32 Å². The van der Waals surface area contributed by atoms with Crippen LogP contribution in [0.4, 0.5) is 11.6 Å². The highest BCUT2D eigenvalue weighted by Gasteiger charge is 2.25. The molecule has 3 aromatic heterocycles. The van der Waals surface area contributed by atoms with Crippen molar-refractivity contribution in [2.75, 3.05) is 5.32 Å². The van der Waals surface area contributed by atoms with Crippen LogP contribution in [0.2, 0.25) is 5.02 Å². The molecular formula is C16H22ClN5O2. The molecule has 0 radical (unpaired) electrons. The van der Waals surface area contributed by atoms with Gasteiger partial charge in [-0.1, -0.05) is 11.6 Å². The summed E-state index contributed by atoms with van der Waals surface area (Å²) in [5.74, 6) is 3.00. The van der Waals surface area contributed by atoms with Gasteiger partial charge in [0, 0.05) is 22.0 Å². The molecule has 0 bridgehead atoms. The molecule has 0 aliphatic heterocycles. The monoisotopic (exact) mass is 351 g/mol. The Morgan fingerprint density at radius 2 is 2.29 bits per heavy atom. The van der Waals surface area contributed by atoms with Crippen molar-refractivity contribution in [2.45, 2.75) is 31.8 Å². The average Bonchev–Trinajstić information content (AvgIpc) is 3.10. The van der Waals surface area contributed by atoms with Crippen molar-refractivity contribution in [1.29, 1.82) is 0 Å². The number of aromatic nitrogens is 4. The molecule has 130 valence electrons. The van der Waals surface area contributed by atoms with E-state index in [0.29, 0.717) is 39.9 Å². The molecule has 24 heavy (non-hydrogen) atoms.